The molecule has 49 heavy (non-hydrogen) atoms. The second-order valence-electron chi connectivity index (χ2n) is 13.7. The Morgan fingerprint density at radius 1 is 1.14 bits per heavy atom. The van der Waals surface area contributed by atoms with Crippen molar-refractivity contribution in [1.29, 1.82) is 5.26 Å². The molecule has 4 aliphatic rings. The van der Waals surface area contributed by atoms with Crippen LogP contribution in [0.4, 0.5) is 19.6 Å². The minimum Gasteiger partial charge on any atom is -0.458 e. The van der Waals surface area contributed by atoms with Gasteiger partial charge in [-0.15, -0.1) is 11.3 Å². The van der Waals surface area contributed by atoms with Crippen molar-refractivity contribution in [3.05, 3.63) is 34.5 Å². The number of anilines is 2. The topological polar surface area (TPSA) is 146 Å². The molecule has 8 rings (SSSR count). The summed E-state index contributed by atoms with van der Waals surface area (Å²) in [5, 5.41) is 21.0. The number of hydrogen-bond donors (Lipinski definition) is 2. The van der Waals surface area contributed by atoms with Gasteiger partial charge in [0.25, 0.3) is 0 Å². The van der Waals surface area contributed by atoms with Crippen molar-refractivity contribution in [3.8, 4) is 23.3 Å². The summed E-state index contributed by atoms with van der Waals surface area (Å²) in [7, 11) is 2.03. The lowest BCUT2D eigenvalue weighted by molar-refractivity contribution is -0.0708. The van der Waals surface area contributed by atoms with Gasteiger partial charge in [0, 0.05) is 55.8 Å². The molecule has 12 nitrogen and oxygen atoms in total. The molecule has 3 fully saturated rings. The number of nitrogens with zero attached hydrogens (tertiary/aromatic N) is 7. The maximum atomic E-state index is 17.4. The Kier molecular flexibility index (Phi) is 8.29. The van der Waals surface area contributed by atoms with Crippen LogP contribution < -0.4 is 15.4 Å². The van der Waals surface area contributed by atoms with Crippen molar-refractivity contribution in [2.75, 3.05) is 57.0 Å². The first-order chi connectivity index (χ1) is 23.6. The molecule has 0 amide bonds. The number of rotatable bonds is 7. The van der Waals surface area contributed by atoms with Gasteiger partial charge in [-0.05, 0) is 44.9 Å². The Balaban J connectivity index is 1.33. The summed E-state index contributed by atoms with van der Waals surface area (Å²) < 4.78 is 51.0. The number of likely N-dealkylation sites (N-methyl/N-ethyl adjacent to an activating group) is 1. The third kappa shape index (κ3) is 5.45. The second-order valence-corrected chi connectivity index (χ2v) is 14.7. The number of benzene rings is 1. The van der Waals surface area contributed by atoms with Crippen LogP contribution in [-0.2, 0) is 22.7 Å². The van der Waals surface area contributed by atoms with Gasteiger partial charge in [0.1, 0.15) is 34.6 Å². The van der Waals surface area contributed by atoms with E-state index in [-0.39, 0.29) is 74.8 Å². The Bertz CT molecular complexity index is 1990. The van der Waals surface area contributed by atoms with Crippen molar-refractivity contribution >= 4 is 43.1 Å². The zero-order valence-corrected chi connectivity index (χ0v) is 28.4. The first-order valence-corrected chi connectivity index (χ1v) is 17.5. The number of piperazine rings is 1. The monoisotopic (exact) mass is 692 g/mol. The smallest absolute Gasteiger partial charge is 0.319 e. The molecule has 7 heterocycles. The number of likely N-dealkylation sites (tertiary alicyclic amines) is 1. The molecule has 2 bridgehead atoms. The summed E-state index contributed by atoms with van der Waals surface area (Å²) in [5.74, 6) is -0.732. The van der Waals surface area contributed by atoms with Gasteiger partial charge in [-0.1, -0.05) is 0 Å². The van der Waals surface area contributed by atoms with E-state index in [0.29, 0.717) is 36.5 Å². The number of aliphatic hydroxyl groups excluding tert-OH is 1. The average Bonchev–Trinajstić information content (AvgIpc) is 3.75. The summed E-state index contributed by atoms with van der Waals surface area (Å²) in [5.41, 5.74) is 7.74. The summed E-state index contributed by atoms with van der Waals surface area (Å²) in [4.78, 5) is 20.8. The van der Waals surface area contributed by atoms with E-state index in [4.69, 9.17) is 29.9 Å². The van der Waals surface area contributed by atoms with E-state index < -0.39 is 23.8 Å². The van der Waals surface area contributed by atoms with Gasteiger partial charge < -0.3 is 34.9 Å². The van der Waals surface area contributed by atoms with Gasteiger partial charge in [-0.2, -0.15) is 15.2 Å². The number of aromatic nitrogens is 3. The SMILES string of the molecule is CC(O)CN1CC2CCC(C1)N2c1nc(OC(C)C2CN(C)CCO2)nc2c(F)c(-c3ncc(F)c4sc(N)c(C#N)c34)c3c(c12)COC3. The standard InChI is InChI=1S/C34H38F2N8O4S/c1-16(45)10-43-11-18-4-5-19(12-43)44(18)33-27-22-15-46-14-21(22)25(29-26-20(8-37)32(38)49-31(26)23(35)9-39-29)28(36)30(27)40-34(41-33)48-17(2)24-13-42(3)6-7-47-24/h9,16-19,24,45H,4-7,10-15,38H2,1-3H3. The number of hydrogen-bond acceptors (Lipinski definition) is 13. The van der Waals surface area contributed by atoms with Crippen molar-refractivity contribution in [3.63, 3.8) is 0 Å². The summed E-state index contributed by atoms with van der Waals surface area (Å²) in [6.07, 6.45) is 1.77. The normalized spacial score (nSPS) is 24.0. The molecule has 5 unspecified atom stereocenters. The van der Waals surface area contributed by atoms with Gasteiger partial charge in [-0.25, -0.2) is 8.78 Å². The maximum absolute atomic E-state index is 17.4. The summed E-state index contributed by atoms with van der Waals surface area (Å²) in [6, 6.07) is 2.26. The Labute approximate surface area is 286 Å². The number of nitrogen functional groups attached to an aromatic ring is 1. The molecule has 0 spiro atoms. The largest absolute Gasteiger partial charge is 0.458 e. The number of halogens is 2. The number of aliphatic hydroxyl groups is 1. The number of nitriles is 1. The fourth-order valence-electron chi connectivity index (χ4n) is 8.06. The van der Waals surface area contributed by atoms with Crippen molar-refractivity contribution < 1.29 is 28.1 Å². The molecule has 0 radical (unpaired) electrons. The quantitative estimate of drug-likeness (QED) is 0.291. The second kappa shape index (κ2) is 12.5. The van der Waals surface area contributed by atoms with Crippen LogP contribution >= 0.6 is 11.3 Å². The van der Waals surface area contributed by atoms with E-state index in [0.717, 1.165) is 55.6 Å². The van der Waals surface area contributed by atoms with Crippen molar-refractivity contribution in [2.24, 2.45) is 0 Å². The van der Waals surface area contributed by atoms with Crippen LogP contribution in [0, 0.1) is 23.0 Å². The van der Waals surface area contributed by atoms with Crippen LogP contribution in [0.3, 0.4) is 0 Å². The lowest BCUT2D eigenvalue weighted by Gasteiger charge is -2.42. The molecule has 0 saturated carbocycles. The maximum Gasteiger partial charge on any atom is 0.319 e. The number of morpholine rings is 1. The lowest BCUT2D eigenvalue weighted by atomic mass is 9.93. The number of ether oxygens (including phenoxy) is 3. The molecule has 15 heteroatoms. The van der Waals surface area contributed by atoms with E-state index in [2.05, 4.69) is 25.8 Å². The summed E-state index contributed by atoms with van der Waals surface area (Å²) in [6.45, 7) is 8.06. The van der Waals surface area contributed by atoms with Gasteiger partial charge >= 0.3 is 6.01 Å². The minimum absolute atomic E-state index is 0.0241. The number of nitrogens with two attached hydrogens (primary N) is 1. The van der Waals surface area contributed by atoms with Gasteiger partial charge in [0.05, 0.1) is 53.5 Å². The Hall–Kier alpha value is -3.78. The van der Waals surface area contributed by atoms with E-state index in [9.17, 15) is 10.4 Å². The predicted molar refractivity (Wildman–Crippen MR) is 180 cm³/mol. The number of β-amino-alcohol motifs (C(OH)–C–C–N with tert-alkyl or cyclic N) is 1. The predicted octanol–water partition coefficient (Wildman–Crippen LogP) is 3.80. The highest BCUT2D eigenvalue weighted by Gasteiger charge is 2.43. The highest BCUT2D eigenvalue weighted by atomic mass is 32.1. The fraction of sp³-hybridized carbons (Fsp3) is 0.529. The van der Waals surface area contributed by atoms with Crippen LogP contribution in [0.1, 0.15) is 43.4 Å². The zero-order valence-electron chi connectivity index (χ0n) is 27.6. The molecule has 3 saturated heterocycles. The molecule has 3 aromatic heterocycles. The number of thiophene rings is 1. The molecular weight excluding hydrogens is 654 g/mol. The highest BCUT2D eigenvalue weighted by Crippen LogP contribution is 2.48. The molecule has 5 atom stereocenters. The first kappa shape index (κ1) is 32.4. The third-order valence-electron chi connectivity index (χ3n) is 10.2. The lowest BCUT2D eigenvalue weighted by Crippen LogP contribution is -2.55. The Morgan fingerprint density at radius 2 is 1.90 bits per heavy atom. The van der Waals surface area contributed by atoms with E-state index in [1.807, 2.05) is 14.0 Å². The third-order valence-corrected chi connectivity index (χ3v) is 11.3. The fourth-order valence-corrected chi connectivity index (χ4v) is 8.98. The van der Waals surface area contributed by atoms with Crippen LogP contribution in [0.5, 0.6) is 6.01 Å². The molecule has 4 aromatic rings. The molecule has 3 N–H and O–H groups in total. The van der Waals surface area contributed by atoms with Crippen LogP contribution in [-0.4, -0.2) is 107 Å². The van der Waals surface area contributed by atoms with Crippen molar-refractivity contribution in [2.45, 2.75) is 70.3 Å². The first-order valence-electron chi connectivity index (χ1n) is 16.7. The molecule has 1 aromatic carbocycles. The van der Waals surface area contributed by atoms with Gasteiger partial charge in [-0.3, -0.25) is 9.88 Å². The minimum atomic E-state index is -0.678. The molecule has 4 aliphatic heterocycles. The van der Waals surface area contributed by atoms with Crippen molar-refractivity contribution in [1.82, 2.24) is 24.8 Å². The average molecular weight is 693 g/mol. The van der Waals surface area contributed by atoms with Crippen LogP contribution in [0.2, 0.25) is 0 Å². The van der Waals surface area contributed by atoms with Crippen LogP contribution in [0.25, 0.3) is 32.2 Å². The molecule has 258 valence electrons. The van der Waals surface area contributed by atoms with Crippen LogP contribution in [0.15, 0.2) is 6.20 Å². The summed E-state index contributed by atoms with van der Waals surface area (Å²) >= 11 is 0.936. The highest BCUT2D eigenvalue weighted by molar-refractivity contribution is 7.23. The van der Waals surface area contributed by atoms with E-state index >= 15 is 8.78 Å². The molecular formula is C34H38F2N8O4S. The van der Waals surface area contributed by atoms with E-state index in [1.54, 1.807) is 6.92 Å². The number of fused-ring (bicyclic) bond motifs is 6. The number of pyridine rings is 1. The Morgan fingerprint density at radius 3 is 2.61 bits per heavy atom. The molecule has 0 aliphatic carbocycles. The van der Waals surface area contributed by atoms with E-state index in [1.165, 1.54) is 0 Å². The van der Waals surface area contributed by atoms with Gasteiger partial charge in [0.2, 0.25) is 0 Å². The zero-order chi connectivity index (χ0) is 34.1. The van der Waals surface area contributed by atoms with Gasteiger partial charge in [0.15, 0.2) is 11.6 Å².